The first-order valence-electron chi connectivity index (χ1n) is 10.5. The van der Waals surface area contributed by atoms with Gasteiger partial charge in [-0.05, 0) is 58.7 Å². The van der Waals surface area contributed by atoms with Crippen LogP contribution in [0, 0.1) is 13.8 Å². The van der Waals surface area contributed by atoms with Gasteiger partial charge in [-0.1, -0.05) is 12.1 Å². The number of ether oxygens (including phenoxy) is 1. The number of rotatable bonds is 10. The van der Waals surface area contributed by atoms with Crippen LogP contribution in [-0.4, -0.2) is 37.6 Å². The van der Waals surface area contributed by atoms with Crippen molar-refractivity contribution in [1.29, 1.82) is 0 Å². The van der Waals surface area contributed by atoms with Gasteiger partial charge in [0.15, 0.2) is 11.7 Å². The molecule has 0 saturated heterocycles. The highest BCUT2D eigenvalue weighted by Gasteiger charge is 2.11. The molecule has 0 spiro atoms. The smallest absolute Gasteiger partial charge is 0.287 e. The standard InChI is InChI=1S/C23H34N4O3/c1-6-24-23(26-12-7-11-25-22(28)21-18(5)10-13-29-21)27-15-19-9-8-17(4)14-20(19)30-16(2)3/h8-10,13-14,16H,6-7,11-12,15H2,1-5H3,(H,25,28)(H2,24,26,27). The molecule has 3 N–H and O–H groups in total. The Labute approximate surface area is 179 Å². The summed E-state index contributed by atoms with van der Waals surface area (Å²) in [6, 6.07) is 7.96. The first-order valence-corrected chi connectivity index (χ1v) is 10.5. The minimum absolute atomic E-state index is 0.112. The lowest BCUT2D eigenvalue weighted by Crippen LogP contribution is -2.38. The molecule has 0 aliphatic heterocycles. The van der Waals surface area contributed by atoms with E-state index in [2.05, 4.69) is 46.1 Å². The van der Waals surface area contributed by atoms with Gasteiger partial charge >= 0.3 is 0 Å². The molecular formula is C23H34N4O3. The summed E-state index contributed by atoms with van der Waals surface area (Å²) < 4.78 is 11.1. The molecule has 2 aromatic rings. The van der Waals surface area contributed by atoms with E-state index in [1.807, 2.05) is 27.7 Å². The minimum Gasteiger partial charge on any atom is -0.491 e. The second-order valence-electron chi connectivity index (χ2n) is 7.44. The van der Waals surface area contributed by atoms with Crippen molar-refractivity contribution < 1.29 is 13.9 Å². The van der Waals surface area contributed by atoms with Crippen molar-refractivity contribution in [2.75, 3.05) is 19.6 Å². The van der Waals surface area contributed by atoms with Crippen LogP contribution in [0.25, 0.3) is 0 Å². The van der Waals surface area contributed by atoms with E-state index in [4.69, 9.17) is 9.15 Å². The first kappa shape index (κ1) is 23.3. The molecule has 0 aliphatic rings. The zero-order valence-electron chi connectivity index (χ0n) is 18.7. The number of hydrogen-bond acceptors (Lipinski definition) is 4. The Kier molecular flexibility index (Phi) is 9.25. The molecule has 2 rings (SSSR count). The van der Waals surface area contributed by atoms with E-state index in [-0.39, 0.29) is 12.0 Å². The second kappa shape index (κ2) is 11.9. The van der Waals surface area contributed by atoms with Crippen molar-refractivity contribution in [2.45, 2.75) is 53.7 Å². The topological polar surface area (TPSA) is 87.9 Å². The zero-order chi connectivity index (χ0) is 21.9. The number of aryl methyl sites for hydroxylation is 2. The molecule has 0 unspecified atom stereocenters. The van der Waals surface area contributed by atoms with E-state index in [1.165, 1.54) is 6.26 Å². The molecule has 1 aromatic carbocycles. The maximum absolute atomic E-state index is 12.0. The van der Waals surface area contributed by atoms with Gasteiger partial charge < -0.3 is 25.1 Å². The monoisotopic (exact) mass is 414 g/mol. The van der Waals surface area contributed by atoms with Gasteiger partial charge in [0.25, 0.3) is 5.91 Å². The van der Waals surface area contributed by atoms with Crippen molar-refractivity contribution in [3.05, 3.63) is 53.0 Å². The Bertz CT molecular complexity index is 843. The molecule has 0 saturated carbocycles. The number of guanidine groups is 1. The van der Waals surface area contributed by atoms with Crippen LogP contribution in [0.1, 0.15) is 54.4 Å². The van der Waals surface area contributed by atoms with E-state index in [9.17, 15) is 4.79 Å². The van der Waals surface area contributed by atoms with Crippen molar-refractivity contribution in [1.82, 2.24) is 16.0 Å². The van der Waals surface area contributed by atoms with Gasteiger partial charge in [0.1, 0.15) is 5.75 Å². The molecule has 0 bridgehead atoms. The quantitative estimate of drug-likeness (QED) is 0.314. The van der Waals surface area contributed by atoms with Gasteiger partial charge in [-0.15, -0.1) is 0 Å². The van der Waals surface area contributed by atoms with Crippen LogP contribution in [0.5, 0.6) is 5.75 Å². The number of hydrogen-bond donors (Lipinski definition) is 3. The summed E-state index contributed by atoms with van der Waals surface area (Å²) >= 11 is 0. The van der Waals surface area contributed by atoms with Crippen LogP contribution in [0.4, 0.5) is 0 Å². The number of benzene rings is 1. The molecule has 1 amide bonds. The van der Waals surface area contributed by atoms with Crippen molar-refractivity contribution in [3.8, 4) is 5.75 Å². The summed E-state index contributed by atoms with van der Waals surface area (Å²) in [6.07, 6.45) is 2.40. The molecule has 0 fully saturated rings. The predicted octanol–water partition coefficient (Wildman–Crippen LogP) is 3.56. The van der Waals surface area contributed by atoms with Crippen LogP contribution in [-0.2, 0) is 6.54 Å². The zero-order valence-corrected chi connectivity index (χ0v) is 18.7. The normalized spacial score (nSPS) is 11.5. The van der Waals surface area contributed by atoms with Gasteiger partial charge in [0.2, 0.25) is 0 Å². The highest BCUT2D eigenvalue weighted by molar-refractivity contribution is 5.92. The van der Waals surface area contributed by atoms with E-state index in [0.29, 0.717) is 25.4 Å². The third kappa shape index (κ3) is 7.46. The number of carbonyl (C=O) groups is 1. The van der Waals surface area contributed by atoms with Crippen LogP contribution < -0.4 is 20.7 Å². The maximum atomic E-state index is 12.0. The summed E-state index contributed by atoms with van der Waals surface area (Å²) in [7, 11) is 0. The number of carbonyl (C=O) groups excluding carboxylic acids is 1. The van der Waals surface area contributed by atoms with Crippen LogP contribution in [0.15, 0.2) is 39.9 Å². The molecule has 30 heavy (non-hydrogen) atoms. The fraction of sp³-hybridized carbons (Fsp3) is 0.478. The molecule has 1 heterocycles. The fourth-order valence-electron chi connectivity index (χ4n) is 2.84. The summed E-state index contributed by atoms with van der Waals surface area (Å²) in [6.45, 7) is 12.5. The molecule has 7 heteroatoms. The summed E-state index contributed by atoms with van der Waals surface area (Å²) in [5.41, 5.74) is 3.05. The molecular weight excluding hydrogens is 380 g/mol. The van der Waals surface area contributed by atoms with Crippen molar-refractivity contribution >= 4 is 11.9 Å². The van der Waals surface area contributed by atoms with E-state index < -0.39 is 0 Å². The number of amides is 1. The third-order valence-corrected chi connectivity index (χ3v) is 4.34. The first-order chi connectivity index (χ1) is 14.4. The Morgan fingerprint density at radius 1 is 1.13 bits per heavy atom. The molecule has 7 nitrogen and oxygen atoms in total. The van der Waals surface area contributed by atoms with Crippen molar-refractivity contribution in [3.63, 3.8) is 0 Å². The largest absolute Gasteiger partial charge is 0.491 e. The van der Waals surface area contributed by atoms with Gasteiger partial charge in [0, 0.05) is 30.8 Å². The van der Waals surface area contributed by atoms with E-state index in [1.54, 1.807) is 6.07 Å². The lowest BCUT2D eigenvalue weighted by molar-refractivity contribution is 0.0925. The number of furan rings is 1. The third-order valence-electron chi connectivity index (χ3n) is 4.34. The van der Waals surface area contributed by atoms with Crippen LogP contribution >= 0.6 is 0 Å². The SMILES string of the molecule is CCNC(=NCc1ccc(C)cc1OC(C)C)NCCCNC(=O)c1occc1C. The van der Waals surface area contributed by atoms with Gasteiger partial charge in [-0.3, -0.25) is 4.79 Å². The van der Waals surface area contributed by atoms with Gasteiger partial charge in [0.05, 0.1) is 18.9 Å². The maximum Gasteiger partial charge on any atom is 0.287 e. The van der Waals surface area contributed by atoms with Gasteiger partial charge in [-0.25, -0.2) is 4.99 Å². The lowest BCUT2D eigenvalue weighted by Gasteiger charge is -2.15. The Morgan fingerprint density at radius 3 is 2.57 bits per heavy atom. The van der Waals surface area contributed by atoms with Crippen LogP contribution in [0.2, 0.25) is 0 Å². The van der Waals surface area contributed by atoms with E-state index in [0.717, 1.165) is 41.4 Å². The summed E-state index contributed by atoms with van der Waals surface area (Å²) in [5, 5.41) is 9.43. The second-order valence-corrected chi connectivity index (χ2v) is 7.44. The van der Waals surface area contributed by atoms with E-state index >= 15 is 0 Å². The Morgan fingerprint density at radius 2 is 1.90 bits per heavy atom. The molecule has 164 valence electrons. The number of nitrogens with zero attached hydrogens (tertiary/aromatic N) is 1. The fourth-order valence-corrected chi connectivity index (χ4v) is 2.84. The average Bonchev–Trinajstić information content (AvgIpc) is 3.12. The lowest BCUT2D eigenvalue weighted by atomic mass is 10.1. The Balaban J connectivity index is 1.85. The molecule has 0 atom stereocenters. The van der Waals surface area contributed by atoms with Crippen LogP contribution in [0.3, 0.4) is 0 Å². The highest BCUT2D eigenvalue weighted by atomic mass is 16.5. The molecule has 1 aromatic heterocycles. The summed E-state index contributed by atoms with van der Waals surface area (Å²) in [4.78, 5) is 16.7. The summed E-state index contributed by atoms with van der Waals surface area (Å²) in [5.74, 6) is 1.80. The van der Waals surface area contributed by atoms with Crippen molar-refractivity contribution in [2.24, 2.45) is 4.99 Å². The van der Waals surface area contributed by atoms with Gasteiger partial charge in [-0.2, -0.15) is 0 Å². The number of nitrogens with one attached hydrogen (secondary N) is 3. The molecule has 0 aliphatic carbocycles. The highest BCUT2D eigenvalue weighted by Crippen LogP contribution is 2.22. The predicted molar refractivity (Wildman–Crippen MR) is 120 cm³/mol. The minimum atomic E-state index is -0.185. The number of aliphatic imine (C=N–C) groups is 1. The Hall–Kier alpha value is -2.96. The average molecular weight is 415 g/mol. The molecule has 0 radical (unpaired) electrons.